The number of rotatable bonds is 1. The Kier molecular flexibility index (Phi) is 4.55. The normalized spacial score (nSPS) is 35.0. The van der Waals surface area contributed by atoms with E-state index in [9.17, 15) is 9.59 Å². The van der Waals surface area contributed by atoms with Crippen LogP contribution in [-0.2, 0) is 4.79 Å². The number of aliphatic carboxylic acids is 1. The van der Waals surface area contributed by atoms with E-state index in [2.05, 4.69) is 13.8 Å². The minimum atomic E-state index is -0.732. The summed E-state index contributed by atoms with van der Waals surface area (Å²) in [5, 5.41) is 9.08. The summed E-state index contributed by atoms with van der Waals surface area (Å²) in [4.78, 5) is 27.5. The molecule has 0 aliphatic carbocycles. The Hall–Kier alpha value is -1.26. The Balaban J connectivity index is 1.95. The molecule has 0 spiro atoms. The Labute approximate surface area is 120 Å². The van der Waals surface area contributed by atoms with Gasteiger partial charge in [-0.15, -0.1) is 0 Å². The number of carbonyl (C=O) groups is 2. The molecule has 2 heterocycles. The van der Waals surface area contributed by atoms with Gasteiger partial charge in [0.1, 0.15) is 0 Å². The molecule has 0 aromatic rings. The van der Waals surface area contributed by atoms with Gasteiger partial charge in [0, 0.05) is 25.7 Å². The molecule has 0 aromatic carbocycles. The van der Waals surface area contributed by atoms with Crippen LogP contribution in [0, 0.1) is 17.8 Å². The highest BCUT2D eigenvalue weighted by Crippen LogP contribution is 2.27. The van der Waals surface area contributed by atoms with Crippen LogP contribution in [0.1, 0.15) is 40.0 Å². The summed E-state index contributed by atoms with van der Waals surface area (Å²) < 4.78 is 0. The fourth-order valence-electron chi connectivity index (χ4n) is 3.30. The van der Waals surface area contributed by atoms with Crippen LogP contribution in [0.4, 0.5) is 4.79 Å². The van der Waals surface area contributed by atoms with E-state index in [0.29, 0.717) is 31.2 Å². The van der Waals surface area contributed by atoms with E-state index in [0.717, 1.165) is 19.5 Å². The Morgan fingerprint density at radius 2 is 1.75 bits per heavy atom. The van der Waals surface area contributed by atoms with Crippen molar-refractivity contribution in [3.63, 3.8) is 0 Å². The summed E-state index contributed by atoms with van der Waals surface area (Å²) in [6.45, 7) is 8.62. The smallest absolute Gasteiger partial charge is 0.320 e. The fraction of sp³-hybridized carbons (Fsp3) is 0.867. The predicted octanol–water partition coefficient (Wildman–Crippen LogP) is 2.27. The van der Waals surface area contributed by atoms with Gasteiger partial charge in [-0.25, -0.2) is 4.79 Å². The van der Waals surface area contributed by atoms with Crippen molar-refractivity contribution in [2.75, 3.05) is 19.6 Å². The summed E-state index contributed by atoms with van der Waals surface area (Å²) in [5.41, 5.74) is 0. The van der Waals surface area contributed by atoms with Crippen LogP contribution in [0.15, 0.2) is 0 Å². The first-order valence-corrected chi connectivity index (χ1v) is 7.68. The topological polar surface area (TPSA) is 60.9 Å². The number of hydrogen-bond acceptors (Lipinski definition) is 2. The van der Waals surface area contributed by atoms with Crippen LogP contribution in [0.25, 0.3) is 0 Å². The fourth-order valence-corrected chi connectivity index (χ4v) is 3.30. The van der Waals surface area contributed by atoms with E-state index >= 15 is 0 Å². The Bertz CT molecular complexity index is 385. The predicted molar refractivity (Wildman–Crippen MR) is 76.4 cm³/mol. The van der Waals surface area contributed by atoms with Gasteiger partial charge in [-0.1, -0.05) is 13.8 Å². The van der Waals surface area contributed by atoms with Crippen molar-refractivity contribution in [1.29, 1.82) is 0 Å². The van der Waals surface area contributed by atoms with Gasteiger partial charge in [0.05, 0.1) is 5.92 Å². The molecule has 2 rings (SSSR count). The third-order valence-electron chi connectivity index (χ3n) is 5.08. The number of piperidine rings is 2. The summed E-state index contributed by atoms with van der Waals surface area (Å²) in [6.07, 6.45) is 2.21. The average Bonchev–Trinajstić information content (AvgIpc) is 2.41. The molecule has 0 aromatic heterocycles. The number of carboxylic acid groups (broad SMARTS) is 1. The molecular weight excluding hydrogens is 256 g/mol. The minimum Gasteiger partial charge on any atom is -0.481 e. The Morgan fingerprint density at radius 3 is 2.30 bits per heavy atom. The van der Waals surface area contributed by atoms with Crippen LogP contribution in [-0.4, -0.2) is 52.6 Å². The van der Waals surface area contributed by atoms with E-state index < -0.39 is 5.97 Å². The van der Waals surface area contributed by atoms with Crippen molar-refractivity contribution in [1.82, 2.24) is 9.80 Å². The lowest BCUT2D eigenvalue weighted by atomic mass is 9.88. The van der Waals surface area contributed by atoms with Gasteiger partial charge in [-0.2, -0.15) is 0 Å². The maximum Gasteiger partial charge on any atom is 0.320 e. The summed E-state index contributed by atoms with van der Waals surface area (Å²) in [6, 6.07) is 0.118. The summed E-state index contributed by atoms with van der Waals surface area (Å²) in [7, 11) is 0. The van der Waals surface area contributed by atoms with Gasteiger partial charge in [0.15, 0.2) is 0 Å². The number of carbonyl (C=O) groups excluding carboxylic acids is 1. The molecule has 2 fully saturated rings. The first-order valence-electron chi connectivity index (χ1n) is 7.68. The second kappa shape index (κ2) is 6.02. The number of carboxylic acids is 1. The highest BCUT2D eigenvalue weighted by Gasteiger charge is 2.35. The maximum atomic E-state index is 12.6. The van der Waals surface area contributed by atoms with Crippen molar-refractivity contribution < 1.29 is 14.7 Å². The molecule has 0 saturated carbocycles. The number of urea groups is 1. The third kappa shape index (κ3) is 3.07. The van der Waals surface area contributed by atoms with Crippen LogP contribution >= 0.6 is 0 Å². The van der Waals surface area contributed by atoms with Gasteiger partial charge in [0.25, 0.3) is 0 Å². The van der Waals surface area contributed by atoms with Gasteiger partial charge < -0.3 is 14.9 Å². The van der Waals surface area contributed by atoms with Crippen LogP contribution in [0.3, 0.4) is 0 Å². The van der Waals surface area contributed by atoms with E-state index in [-0.39, 0.29) is 18.0 Å². The number of nitrogens with zero attached hydrogens (tertiary/aromatic N) is 2. The zero-order chi connectivity index (χ0) is 14.9. The molecule has 2 aliphatic heterocycles. The van der Waals surface area contributed by atoms with Gasteiger partial charge in [-0.3, -0.25) is 4.79 Å². The highest BCUT2D eigenvalue weighted by molar-refractivity contribution is 5.76. The van der Waals surface area contributed by atoms with Gasteiger partial charge in [-0.05, 0) is 38.0 Å². The lowest BCUT2D eigenvalue weighted by Gasteiger charge is -2.42. The van der Waals surface area contributed by atoms with Crippen LogP contribution in [0.5, 0.6) is 0 Å². The molecule has 0 bridgehead atoms. The van der Waals surface area contributed by atoms with Crippen molar-refractivity contribution >= 4 is 12.0 Å². The van der Waals surface area contributed by atoms with Crippen LogP contribution in [0.2, 0.25) is 0 Å². The first kappa shape index (κ1) is 15.1. The molecular formula is C15H26N2O3. The molecule has 2 aliphatic rings. The molecule has 4 atom stereocenters. The van der Waals surface area contributed by atoms with Crippen molar-refractivity contribution in [2.45, 2.75) is 46.1 Å². The summed E-state index contributed by atoms with van der Waals surface area (Å²) >= 11 is 0. The molecule has 5 nitrogen and oxygen atoms in total. The van der Waals surface area contributed by atoms with Crippen molar-refractivity contribution in [3.8, 4) is 0 Å². The number of likely N-dealkylation sites (tertiary alicyclic amines) is 2. The monoisotopic (exact) mass is 282 g/mol. The third-order valence-corrected chi connectivity index (χ3v) is 5.08. The molecule has 2 amide bonds. The molecule has 5 heteroatoms. The molecule has 0 radical (unpaired) electrons. The zero-order valence-electron chi connectivity index (χ0n) is 12.7. The first-order chi connectivity index (χ1) is 9.40. The van der Waals surface area contributed by atoms with Gasteiger partial charge in [0.2, 0.25) is 0 Å². The lowest BCUT2D eigenvalue weighted by molar-refractivity contribution is -0.143. The quantitative estimate of drug-likeness (QED) is 0.802. The lowest BCUT2D eigenvalue weighted by Crippen LogP contribution is -2.54. The largest absolute Gasteiger partial charge is 0.481 e. The van der Waals surface area contributed by atoms with Gasteiger partial charge >= 0.3 is 12.0 Å². The average molecular weight is 282 g/mol. The number of hydrogen-bond donors (Lipinski definition) is 1. The summed E-state index contributed by atoms with van der Waals surface area (Å²) in [5.74, 6) is 0.188. The molecule has 114 valence electrons. The van der Waals surface area contributed by atoms with Crippen LogP contribution < -0.4 is 0 Å². The second-order valence-electron chi connectivity index (χ2n) is 6.57. The van der Waals surface area contributed by atoms with E-state index in [1.165, 1.54) is 0 Å². The standard InChI is InChI=1S/C15H26N2O3/c1-10-4-6-16(9-11(10)2)15(20)17-7-5-13(14(18)19)8-12(17)3/h10-13H,4-9H2,1-3H3,(H,18,19). The zero-order valence-corrected chi connectivity index (χ0v) is 12.7. The Morgan fingerprint density at radius 1 is 1.05 bits per heavy atom. The van der Waals surface area contributed by atoms with E-state index in [1.807, 2.05) is 16.7 Å². The molecule has 20 heavy (non-hydrogen) atoms. The van der Waals surface area contributed by atoms with E-state index in [4.69, 9.17) is 5.11 Å². The number of amides is 2. The SMILES string of the molecule is CC1CCN(C(=O)N2CCC(C(=O)O)CC2C)CC1C. The second-order valence-corrected chi connectivity index (χ2v) is 6.57. The minimum absolute atomic E-state index is 0.0204. The van der Waals surface area contributed by atoms with Crippen molar-refractivity contribution in [3.05, 3.63) is 0 Å². The van der Waals surface area contributed by atoms with Crippen molar-refractivity contribution in [2.24, 2.45) is 17.8 Å². The molecule has 2 saturated heterocycles. The maximum absolute atomic E-state index is 12.6. The highest BCUT2D eigenvalue weighted by atomic mass is 16.4. The van der Waals surface area contributed by atoms with E-state index in [1.54, 1.807) is 0 Å². The molecule has 4 unspecified atom stereocenters. The molecule has 1 N–H and O–H groups in total.